The van der Waals surface area contributed by atoms with Crippen LogP contribution in [0.1, 0.15) is 16.7 Å². The molecule has 1 heterocycles. The summed E-state index contributed by atoms with van der Waals surface area (Å²) in [5.74, 6) is -0.433. The number of nitrogens with zero attached hydrogens (tertiary/aromatic N) is 1. The van der Waals surface area contributed by atoms with Gasteiger partial charge in [-0.1, -0.05) is 29.3 Å². The van der Waals surface area contributed by atoms with Crippen molar-refractivity contribution in [1.82, 2.24) is 4.98 Å². The van der Waals surface area contributed by atoms with Gasteiger partial charge in [0.2, 0.25) is 5.01 Å². The maximum Gasteiger partial charge on any atom is 0.367 e. The topological polar surface area (TPSA) is 39.2 Å². The fraction of sp³-hybridized carbons (Fsp3) is 0.167. The second kappa shape index (κ2) is 5.69. The number of carbonyl (C=O) groups is 1. The second-order valence-electron chi connectivity index (χ2n) is 3.36. The zero-order chi connectivity index (χ0) is 13.1. The first kappa shape index (κ1) is 13.3. The predicted molar refractivity (Wildman–Crippen MR) is 73.5 cm³/mol. The molecule has 0 atom stereocenters. The van der Waals surface area contributed by atoms with Crippen LogP contribution in [0.5, 0.6) is 0 Å². The zero-order valence-electron chi connectivity index (χ0n) is 9.44. The van der Waals surface area contributed by atoms with Crippen LogP contribution in [0.2, 0.25) is 10.0 Å². The molecule has 0 saturated carbocycles. The van der Waals surface area contributed by atoms with Gasteiger partial charge >= 0.3 is 5.97 Å². The molecule has 0 aliphatic carbocycles. The molecular weight excluding hydrogens is 293 g/mol. The van der Waals surface area contributed by atoms with Gasteiger partial charge in [-0.3, -0.25) is 0 Å². The van der Waals surface area contributed by atoms with E-state index >= 15 is 0 Å². The van der Waals surface area contributed by atoms with Gasteiger partial charge < -0.3 is 4.74 Å². The quantitative estimate of drug-likeness (QED) is 0.794. The van der Waals surface area contributed by atoms with Gasteiger partial charge in [0, 0.05) is 10.9 Å². The third-order valence-corrected chi connectivity index (χ3v) is 3.63. The molecule has 0 fully saturated rings. The molecule has 0 saturated heterocycles. The van der Waals surface area contributed by atoms with Gasteiger partial charge in [-0.2, -0.15) is 0 Å². The van der Waals surface area contributed by atoms with E-state index in [0.717, 1.165) is 0 Å². The van der Waals surface area contributed by atoms with Crippen molar-refractivity contribution in [1.29, 1.82) is 0 Å². The Morgan fingerprint density at radius 2 is 2.06 bits per heavy atom. The van der Waals surface area contributed by atoms with Crippen molar-refractivity contribution < 1.29 is 9.53 Å². The third kappa shape index (κ3) is 2.66. The summed E-state index contributed by atoms with van der Waals surface area (Å²) in [6, 6.07) is 5.21. The molecule has 18 heavy (non-hydrogen) atoms. The first-order chi connectivity index (χ1) is 8.63. The third-order valence-electron chi connectivity index (χ3n) is 2.17. The molecule has 94 valence electrons. The Bertz CT molecular complexity index is 563. The highest BCUT2D eigenvalue weighted by molar-refractivity contribution is 7.12. The number of benzene rings is 1. The highest BCUT2D eigenvalue weighted by Crippen LogP contribution is 2.34. The van der Waals surface area contributed by atoms with E-state index in [1.165, 1.54) is 11.3 Å². The van der Waals surface area contributed by atoms with Crippen molar-refractivity contribution in [3.63, 3.8) is 0 Å². The molecule has 0 aliphatic rings. The summed E-state index contributed by atoms with van der Waals surface area (Å²) in [4.78, 5) is 15.7. The molecular formula is C12H9Cl2NO2S. The van der Waals surface area contributed by atoms with Gasteiger partial charge in [0.25, 0.3) is 0 Å². The smallest absolute Gasteiger partial charge is 0.367 e. The summed E-state index contributed by atoms with van der Waals surface area (Å²) in [5.41, 5.74) is 1.21. The molecule has 0 aliphatic heterocycles. The van der Waals surface area contributed by atoms with E-state index in [4.69, 9.17) is 27.9 Å². The first-order valence-electron chi connectivity index (χ1n) is 5.20. The van der Waals surface area contributed by atoms with Gasteiger partial charge in [0.05, 0.1) is 22.3 Å². The summed E-state index contributed by atoms with van der Waals surface area (Å²) in [6.07, 6.45) is 0. The van der Waals surface area contributed by atoms with E-state index in [-0.39, 0.29) is 0 Å². The van der Waals surface area contributed by atoms with Gasteiger partial charge in [-0.15, -0.1) is 11.3 Å². The highest BCUT2D eigenvalue weighted by atomic mass is 35.5. The summed E-state index contributed by atoms with van der Waals surface area (Å²) in [7, 11) is 0. The molecule has 0 amide bonds. The lowest BCUT2D eigenvalue weighted by Crippen LogP contribution is -2.03. The van der Waals surface area contributed by atoms with E-state index in [2.05, 4.69) is 4.98 Å². The SMILES string of the molecule is CCOC(=O)c1nc(-c2c(Cl)cccc2Cl)cs1. The Labute approximate surface area is 118 Å². The Morgan fingerprint density at radius 3 is 2.67 bits per heavy atom. The lowest BCUT2D eigenvalue weighted by Gasteiger charge is -2.02. The number of rotatable bonds is 3. The number of esters is 1. The van der Waals surface area contributed by atoms with Crippen molar-refractivity contribution in [2.24, 2.45) is 0 Å². The number of aromatic nitrogens is 1. The summed E-state index contributed by atoms with van der Waals surface area (Å²) in [5, 5.41) is 3.04. The van der Waals surface area contributed by atoms with Crippen LogP contribution in [0.15, 0.2) is 23.6 Å². The van der Waals surface area contributed by atoms with E-state index in [9.17, 15) is 4.79 Å². The summed E-state index contributed by atoms with van der Waals surface area (Å²) < 4.78 is 4.88. The number of hydrogen-bond donors (Lipinski definition) is 0. The number of ether oxygens (including phenoxy) is 1. The predicted octanol–water partition coefficient (Wildman–Crippen LogP) is 4.29. The standard InChI is InChI=1S/C12H9Cl2NO2S/c1-2-17-12(16)11-15-9(6-18-11)10-7(13)4-3-5-8(10)14/h3-6H,2H2,1H3. The molecule has 0 radical (unpaired) electrons. The molecule has 2 rings (SSSR count). The minimum absolute atomic E-state index is 0.294. The number of carbonyl (C=O) groups excluding carboxylic acids is 1. The molecule has 0 unspecified atom stereocenters. The van der Waals surface area contributed by atoms with Crippen LogP contribution in [0.4, 0.5) is 0 Å². The van der Waals surface area contributed by atoms with Crippen LogP contribution < -0.4 is 0 Å². The first-order valence-corrected chi connectivity index (χ1v) is 6.84. The minimum atomic E-state index is -0.433. The zero-order valence-corrected chi connectivity index (χ0v) is 11.8. The fourth-order valence-corrected chi connectivity index (χ4v) is 2.71. The normalized spacial score (nSPS) is 10.4. The Hall–Kier alpha value is -1.10. The van der Waals surface area contributed by atoms with Gasteiger partial charge in [0.15, 0.2) is 0 Å². The number of hydrogen-bond acceptors (Lipinski definition) is 4. The number of halogens is 2. The summed E-state index contributed by atoms with van der Waals surface area (Å²) >= 11 is 13.4. The maximum absolute atomic E-state index is 11.5. The molecule has 0 spiro atoms. The highest BCUT2D eigenvalue weighted by Gasteiger charge is 2.16. The molecule has 6 heteroatoms. The average molecular weight is 302 g/mol. The minimum Gasteiger partial charge on any atom is -0.461 e. The molecule has 0 N–H and O–H groups in total. The fourth-order valence-electron chi connectivity index (χ4n) is 1.42. The Balaban J connectivity index is 2.38. The van der Waals surface area contributed by atoms with Crippen LogP contribution in [-0.2, 0) is 4.74 Å². The second-order valence-corrected chi connectivity index (χ2v) is 5.03. The molecule has 0 bridgehead atoms. The van der Waals surface area contributed by atoms with Crippen LogP contribution in [-0.4, -0.2) is 17.6 Å². The van der Waals surface area contributed by atoms with Gasteiger partial charge in [-0.05, 0) is 19.1 Å². The van der Waals surface area contributed by atoms with E-state index < -0.39 is 5.97 Å². The van der Waals surface area contributed by atoms with Crippen LogP contribution in [0.25, 0.3) is 11.3 Å². The van der Waals surface area contributed by atoms with Crippen molar-refractivity contribution >= 4 is 40.5 Å². The van der Waals surface area contributed by atoms with E-state index in [1.807, 2.05) is 0 Å². The lowest BCUT2D eigenvalue weighted by atomic mass is 10.2. The summed E-state index contributed by atoms with van der Waals surface area (Å²) in [6.45, 7) is 2.07. The molecule has 1 aromatic heterocycles. The van der Waals surface area contributed by atoms with Crippen LogP contribution in [0, 0.1) is 0 Å². The largest absolute Gasteiger partial charge is 0.461 e. The Kier molecular flexibility index (Phi) is 4.22. The number of thiazole rings is 1. The monoisotopic (exact) mass is 301 g/mol. The molecule has 2 aromatic rings. The van der Waals surface area contributed by atoms with Crippen LogP contribution in [0.3, 0.4) is 0 Å². The molecule has 1 aromatic carbocycles. The van der Waals surface area contributed by atoms with Crippen molar-refractivity contribution in [2.75, 3.05) is 6.61 Å². The van der Waals surface area contributed by atoms with Crippen molar-refractivity contribution in [2.45, 2.75) is 6.92 Å². The van der Waals surface area contributed by atoms with E-state index in [0.29, 0.717) is 32.9 Å². The van der Waals surface area contributed by atoms with Gasteiger partial charge in [-0.25, -0.2) is 9.78 Å². The van der Waals surface area contributed by atoms with Crippen molar-refractivity contribution in [3.8, 4) is 11.3 Å². The van der Waals surface area contributed by atoms with Gasteiger partial charge in [0.1, 0.15) is 0 Å². The van der Waals surface area contributed by atoms with Crippen molar-refractivity contribution in [3.05, 3.63) is 38.6 Å². The lowest BCUT2D eigenvalue weighted by molar-refractivity contribution is 0.0526. The Morgan fingerprint density at radius 1 is 1.39 bits per heavy atom. The average Bonchev–Trinajstić information content (AvgIpc) is 2.78. The van der Waals surface area contributed by atoms with E-state index in [1.54, 1.807) is 30.5 Å². The maximum atomic E-state index is 11.5. The van der Waals surface area contributed by atoms with Crippen LogP contribution >= 0.6 is 34.5 Å². The molecule has 3 nitrogen and oxygen atoms in total.